The average Bonchev–Trinajstić information content (AvgIpc) is 2.76. The lowest BCUT2D eigenvalue weighted by molar-refractivity contribution is 0.489. The molecule has 0 amide bonds. The first-order chi connectivity index (χ1) is 6.40. The van der Waals surface area contributed by atoms with Crippen molar-refractivity contribution in [2.45, 2.75) is 38.6 Å². The molecule has 1 aromatic heterocycles. The zero-order valence-electron chi connectivity index (χ0n) is 8.09. The number of rotatable bonds is 3. The standard InChI is InChI=1S/C10H17N3/c1-2-8-4-3-5-10(8)13-9-6-11-12-7-9/h6-8,10,13H,2-5H2,1H3,(H,11,12). The van der Waals surface area contributed by atoms with Crippen LogP contribution in [0.4, 0.5) is 5.69 Å². The van der Waals surface area contributed by atoms with Crippen molar-refractivity contribution in [1.29, 1.82) is 0 Å². The predicted molar refractivity (Wildman–Crippen MR) is 53.6 cm³/mol. The molecule has 0 saturated heterocycles. The lowest BCUT2D eigenvalue weighted by Crippen LogP contribution is -2.22. The van der Waals surface area contributed by atoms with Crippen molar-refractivity contribution < 1.29 is 0 Å². The largest absolute Gasteiger partial charge is 0.380 e. The maximum atomic E-state index is 3.93. The molecule has 0 radical (unpaired) electrons. The minimum Gasteiger partial charge on any atom is -0.380 e. The normalized spacial score (nSPS) is 27.8. The van der Waals surface area contributed by atoms with Crippen molar-refractivity contribution >= 4 is 5.69 Å². The summed E-state index contributed by atoms with van der Waals surface area (Å²) in [6, 6.07) is 0.669. The van der Waals surface area contributed by atoms with Crippen molar-refractivity contribution in [2.24, 2.45) is 5.92 Å². The fourth-order valence-corrected chi connectivity index (χ4v) is 2.26. The summed E-state index contributed by atoms with van der Waals surface area (Å²) in [6.45, 7) is 2.28. The minimum atomic E-state index is 0.669. The second-order valence-electron chi connectivity index (χ2n) is 3.84. The van der Waals surface area contributed by atoms with Crippen LogP contribution in [0, 0.1) is 5.92 Å². The summed E-state index contributed by atoms with van der Waals surface area (Å²) < 4.78 is 0. The summed E-state index contributed by atoms with van der Waals surface area (Å²) in [5.74, 6) is 0.856. The van der Waals surface area contributed by atoms with Crippen LogP contribution >= 0.6 is 0 Å². The lowest BCUT2D eigenvalue weighted by atomic mass is 10.0. The van der Waals surface area contributed by atoms with Gasteiger partial charge in [-0.15, -0.1) is 0 Å². The van der Waals surface area contributed by atoms with E-state index in [0.717, 1.165) is 11.6 Å². The van der Waals surface area contributed by atoms with Gasteiger partial charge in [-0.05, 0) is 18.8 Å². The van der Waals surface area contributed by atoms with Gasteiger partial charge in [0.05, 0.1) is 11.9 Å². The molecule has 3 heteroatoms. The number of nitrogens with zero attached hydrogens (tertiary/aromatic N) is 1. The van der Waals surface area contributed by atoms with Gasteiger partial charge in [-0.1, -0.05) is 19.8 Å². The van der Waals surface area contributed by atoms with Crippen LogP contribution in [0.2, 0.25) is 0 Å². The molecule has 1 heterocycles. The molecule has 2 unspecified atom stereocenters. The van der Waals surface area contributed by atoms with E-state index in [1.54, 1.807) is 0 Å². The Hall–Kier alpha value is -0.990. The summed E-state index contributed by atoms with van der Waals surface area (Å²) in [5.41, 5.74) is 1.13. The number of H-pyrrole nitrogens is 1. The van der Waals surface area contributed by atoms with Crippen LogP contribution in [0.25, 0.3) is 0 Å². The average molecular weight is 179 g/mol. The fourth-order valence-electron chi connectivity index (χ4n) is 2.26. The van der Waals surface area contributed by atoms with Gasteiger partial charge in [0.25, 0.3) is 0 Å². The predicted octanol–water partition coefficient (Wildman–Crippen LogP) is 2.40. The summed E-state index contributed by atoms with van der Waals surface area (Å²) in [4.78, 5) is 0. The highest BCUT2D eigenvalue weighted by molar-refractivity contribution is 5.39. The van der Waals surface area contributed by atoms with Crippen LogP contribution in [0.3, 0.4) is 0 Å². The lowest BCUT2D eigenvalue weighted by Gasteiger charge is -2.19. The highest BCUT2D eigenvalue weighted by Crippen LogP contribution is 2.30. The highest BCUT2D eigenvalue weighted by Gasteiger charge is 2.25. The molecule has 1 saturated carbocycles. The highest BCUT2D eigenvalue weighted by atomic mass is 15.1. The molecule has 0 spiro atoms. The molecule has 1 fully saturated rings. The Bertz CT molecular complexity index is 243. The summed E-state index contributed by atoms with van der Waals surface area (Å²) in [6.07, 6.45) is 9.12. The van der Waals surface area contributed by atoms with E-state index >= 15 is 0 Å². The van der Waals surface area contributed by atoms with Gasteiger partial charge in [0, 0.05) is 12.2 Å². The van der Waals surface area contributed by atoms with Gasteiger partial charge < -0.3 is 5.32 Å². The van der Waals surface area contributed by atoms with E-state index in [0.29, 0.717) is 6.04 Å². The van der Waals surface area contributed by atoms with Crippen LogP contribution in [0.1, 0.15) is 32.6 Å². The number of hydrogen-bond donors (Lipinski definition) is 2. The number of nitrogens with one attached hydrogen (secondary N) is 2. The Kier molecular flexibility index (Phi) is 2.52. The van der Waals surface area contributed by atoms with Gasteiger partial charge in [-0.3, -0.25) is 5.10 Å². The number of hydrogen-bond acceptors (Lipinski definition) is 2. The van der Waals surface area contributed by atoms with Gasteiger partial charge in [-0.2, -0.15) is 5.10 Å². The first-order valence-electron chi connectivity index (χ1n) is 5.15. The third-order valence-electron chi connectivity index (χ3n) is 3.03. The minimum absolute atomic E-state index is 0.669. The zero-order chi connectivity index (χ0) is 9.10. The molecule has 2 atom stereocenters. The number of anilines is 1. The zero-order valence-corrected chi connectivity index (χ0v) is 8.09. The molecular formula is C10H17N3. The summed E-state index contributed by atoms with van der Waals surface area (Å²) in [5, 5.41) is 10.3. The Balaban J connectivity index is 1.94. The van der Waals surface area contributed by atoms with E-state index in [-0.39, 0.29) is 0 Å². The van der Waals surface area contributed by atoms with Gasteiger partial charge in [-0.25, -0.2) is 0 Å². The molecule has 1 aliphatic carbocycles. The van der Waals surface area contributed by atoms with Gasteiger partial charge in [0.2, 0.25) is 0 Å². The maximum absolute atomic E-state index is 3.93. The molecule has 0 bridgehead atoms. The maximum Gasteiger partial charge on any atom is 0.0726 e. The Morgan fingerprint density at radius 2 is 2.54 bits per heavy atom. The van der Waals surface area contributed by atoms with Crippen LogP contribution < -0.4 is 5.32 Å². The molecular weight excluding hydrogens is 162 g/mol. The Labute approximate surface area is 78.9 Å². The molecule has 1 aromatic rings. The molecule has 2 N–H and O–H groups in total. The van der Waals surface area contributed by atoms with E-state index in [1.807, 2.05) is 12.4 Å². The molecule has 2 rings (SSSR count). The van der Waals surface area contributed by atoms with Crippen LogP contribution in [0.15, 0.2) is 12.4 Å². The second-order valence-corrected chi connectivity index (χ2v) is 3.84. The van der Waals surface area contributed by atoms with E-state index in [9.17, 15) is 0 Å². The first-order valence-corrected chi connectivity index (χ1v) is 5.15. The van der Waals surface area contributed by atoms with E-state index in [1.165, 1.54) is 25.7 Å². The second kappa shape index (κ2) is 3.81. The van der Waals surface area contributed by atoms with E-state index in [2.05, 4.69) is 22.4 Å². The molecule has 72 valence electrons. The summed E-state index contributed by atoms with van der Waals surface area (Å²) in [7, 11) is 0. The Morgan fingerprint density at radius 1 is 1.62 bits per heavy atom. The third kappa shape index (κ3) is 1.85. The van der Waals surface area contributed by atoms with Gasteiger partial charge in [0.1, 0.15) is 0 Å². The van der Waals surface area contributed by atoms with Gasteiger partial charge in [0.15, 0.2) is 0 Å². The van der Waals surface area contributed by atoms with Crippen molar-refractivity contribution in [3.05, 3.63) is 12.4 Å². The van der Waals surface area contributed by atoms with Crippen molar-refractivity contribution in [1.82, 2.24) is 10.2 Å². The third-order valence-corrected chi connectivity index (χ3v) is 3.03. The van der Waals surface area contributed by atoms with Crippen LogP contribution in [-0.2, 0) is 0 Å². The molecule has 13 heavy (non-hydrogen) atoms. The monoisotopic (exact) mass is 179 g/mol. The van der Waals surface area contributed by atoms with Crippen molar-refractivity contribution in [3.63, 3.8) is 0 Å². The quantitative estimate of drug-likeness (QED) is 0.748. The fraction of sp³-hybridized carbons (Fsp3) is 0.700. The molecule has 0 aromatic carbocycles. The van der Waals surface area contributed by atoms with Crippen LogP contribution in [-0.4, -0.2) is 16.2 Å². The van der Waals surface area contributed by atoms with E-state index < -0.39 is 0 Å². The topological polar surface area (TPSA) is 40.7 Å². The van der Waals surface area contributed by atoms with E-state index in [4.69, 9.17) is 0 Å². The first kappa shape index (κ1) is 8.60. The van der Waals surface area contributed by atoms with Gasteiger partial charge >= 0.3 is 0 Å². The molecule has 0 aliphatic heterocycles. The smallest absolute Gasteiger partial charge is 0.0726 e. The Morgan fingerprint density at radius 3 is 3.23 bits per heavy atom. The van der Waals surface area contributed by atoms with Crippen molar-refractivity contribution in [2.75, 3.05) is 5.32 Å². The van der Waals surface area contributed by atoms with Crippen LogP contribution in [0.5, 0.6) is 0 Å². The SMILES string of the molecule is CCC1CCCC1Nc1cn[nH]c1. The molecule has 3 nitrogen and oxygen atoms in total. The van der Waals surface area contributed by atoms with Crippen molar-refractivity contribution in [3.8, 4) is 0 Å². The number of aromatic amines is 1. The molecule has 1 aliphatic rings. The number of aromatic nitrogens is 2. The summed E-state index contributed by atoms with van der Waals surface area (Å²) >= 11 is 0.